The number of aryl methyl sites for hydroxylation is 1. The van der Waals surface area contributed by atoms with E-state index in [0.29, 0.717) is 29.3 Å². The number of hydrogen-bond donors (Lipinski definition) is 1. The molecule has 0 spiro atoms. The number of hydrogen-bond acceptors (Lipinski definition) is 7. The summed E-state index contributed by atoms with van der Waals surface area (Å²) in [6.07, 6.45) is 0.429. The first-order chi connectivity index (χ1) is 12.1. The zero-order chi connectivity index (χ0) is 17.6. The van der Waals surface area contributed by atoms with E-state index >= 15 is 0 Å². The lowest BCUT2D eigenvalue weighted by Gasteiger charge is -2.05. The monoisotopic (exact) mass is 357 g/mol. The van der Waals surface area contributed by atoms with Crippen LogP contribution < -0.4 is 5.73 Å². The average molecular weight is 357 g/mol. The average Bonchev–Trinajstić information content (AvgIpc) is 3.29. The highest BCUT2D eigenvalue weighted by Crippen LogP contribution is 2.19. The molecule has 0 saturated heterocycles. The fraction of sp³-hybridized carbons (Fsp3) is 0.176. The van der Waals surface area contributed by atoms with E-state index in [1.54, 1.807) is 35.6 Å². The zero-order valence-corrected chi connectivity index (χ0v) is 14.0. The summed E-state index contributed by atoms with van der Waals surface area (Å²) in [5.74, 6) is -0.0208. The fourth-order valence-corrected chi connectivity index (χ4v) is 2.76. The van der Waals surface area contributed by atoms with Crippen LogP contribution in [-0.2, 0) is 22.6 Å². The van der Waals surface area contributed by atoms with Gasteiger partial charge >= 0.3 is 5.97 Å². The summed E-state index contributed by atoms with van der Waals surface area (Å²) in [5.41, 5.74) is 7.18. The van der Waals surface area contributed by atoms with Gasteiger partial charge in [-0.25, -0.2) is 0 Å². The van der Waals surface area contributed by atoms with Crippen LogP contribution in [0.1, 0.15) is 28.2 Å². The number of carbonyl (C=O) groups excluding carboxylic acids is 2. The minimum absolute atomic E-state index is 0.0734. The van der Waals surface area contributed by atoms with Crippen LogP contribution in [0.25, 0.3) is 11.4 Å². The number of thiophene rings is 1. The third kappa shape index (κ3) is 4.51. The Morgan fingerprint density at radius 1 is 1.28 bits per heavy atom. The topological polar surface area (TPSA) is 108 Å². The van der Waals surface area contributed by atoms with Crippen LogP contribution in [0.3, 0.4) is 0 Å². The van der Waals surface area contributed by atoms with E-state index in [4.69, 9.17) is 15.0 Å². The van der Waals surface area contributed by atoms with Gasteiger partial charge in [-0.05, 0) is 29.1 Å². The molecule has 0 aliphatic heterocycles. The van der Waals surface area contributed by atoms with Gasteiger partial charge < -0.3 is 15.0 Å². The number of esters is 1. The molecule has 0 atom stereocenters. The smallest absolute Gasteiger partial charge is 0.306 e. The summed E-state index contributed by atoms with van der Waals surface area (Å²) in [6, 6.07) is 8.54. The Kier molecular flexibility index (Phi) is 5.20. The Balaban J connectivity index is 1.48. The van der Waals surface area contributed by atoms with Gasteiger partial charge in [0.25, 0.3) is 0 Å². The summed E-state index contributed by atoms with van der Waals surface area (Å²) >= 11 is 1.54. The lowest BCUT2D eigenvalue weighted by Crippen LogP contribution is -2.11. The van der Waals surface area contributed by atoms with Crippen LogP contribution >= 0.6 is 11.3 Å². The Labute approximate surface area is 147 Å². The van der Waals surface area contributed by atoms with Crippen molar-refractivity contribution in [3.8, 4) is 11.4 Å². The number of nitrogens with two attached hydrogens (primary N) is 1. The molecule has 0 bridgehead atoms. The van der Waals surface area contributed by atoms with Crippen molar-refractivity contribution in [2.45, 2.75) is 19.4 Å². The Morgan fingerprint density at radius 2 is 2.16 bits per heavy atom. The first-order valence-corrected chi connectivity index (χ1v) is 8.45. The number of carbonyl (C=O) groups is 2. The van der Waals surface area contributed by atoms with Crippen molar-refractivity contribution in [1.82, 2.24) is 10.1 Å². The normalized spacial score (nSPS) is 10.6. The summed E-state index contributed by atoms with van der Waals surface area (Å²) in [7, 11) is 0. The van der Waals surface area contributed by atoms with Crippen LogP contribution in [0.4, 0.5) is 0 Å². The lowest BCUT2D eigenvalue weighted by molar-refractivity contribution is -0.145. The maximum absolute atomic E-state index is 11.8. The molecule has 0 aliphatic rings. The molecule has 2 N–H and O–H groups in total. The molecule has 0 unspecified atom stereocenters. The highest BCUT2D eigenvalue weighted by molar-refractivity contribution is 7.08. The number of amides is 1. The molecule has 2 aromatic heterocycles. The Hall–Kier alpha value is -3.00. The van der Waals surface area contributed by atoms with E-state index in [1.165, 1.54) is 0 Å². The van der Waals surface area contributed by atoms with Gasteiger partial charge in [-0.15, -0.1) is 0 Å². The van der Waals surface area contributed by atoms with E-state index in [0.717, 1.165) is 5.56 Å². The molecular formula is C17H15N3O4S. The quantitative estimate of drug-likeness (QED) is 0.651. The molecule has 2 heterocycles. The van der Waals surface area contributed by atoms with Gasteiger partial charge in [0.2, 0.25) is 17.6 Å². The molecule has 7 nitrogen and oxygen atoms in total. The van der Waals surface area contributed by atoms with E-state index in [-0.39, 0.29) is 19.0 Å². The first-order valence-electron chi connectivity index (χ1n) is 7.51. The number of rotatable bonds is 7. The SMILES string of the molecule is NC(=O)c1cccc(COC(=O)CCc2nc(-c3ccsc3)no2)c1. The number of ether oxygens (including phenoxy) is 1. The van der Waals surface area contributed by atoms with Gasteiger partial charge in [-0.1, -0.05) is 17.3 Å². The highest BCUT2D eigenvalue weighted by Gasteiger charge is 2.12. The molecule has 0 aliphatic carbocycles. The minimum Gasteiger partial charge on any atom is -0.461 e. The van der Waals surface area contributed by atoms with E-state index in [2.05, 4.69) is 10.1 Å². The van der Waals surface area contributed by atoms with Gasteiger partial charge in [-0.2, -0.15) is 16.3 Å². The van der Waals surface area contributed by atoms with E-state index < -0.39 is 5.91 Å². The minimum atomic E-state index is -0.522. The summed E-state index contributed by atoms with van der Waals surface area (Å²) in [5, 5.41) is 7.73. The molecular weight excluding hydrogens is 342 g/mol. The third-order valence-corrected chi connectivity index (χ3v) is 4.09. The van der Waals surface area contributed by atoms with Crippen LogP contribution in [-0.4, -0.2) is 22.0 Å². The number of aromatic nitrogens is 2. The Bertz CT molecular complexity index is 874. The van der Waals surface area contributed by atoms with Gasteiger partial charge in [0.05, 0.1) is 6.42 Å². The predicted molar refractivity (Wildman–Crippen MR) is 90.7 cm³/mol. The van der Waals surface area contributed by atoms with E-state index in [1.807, 2.05) is 16.8 Å². The van der Waals surface area contributed by atoms with Crippen LogP contribution in [0, 0.1) is 0 Å². The third-order valence-electron chi connectivity index (χ3n) is 3.40. The number of benzene rings is 1. The van der Waals surface area contributed by atoms with Crippen molar-refractivity contribution < 1.29 is 18.8 Å². The number of nitrogens with zero attached hydrogens (tertiary/aromatic N) is 2. The molecule has 3 rings (SSSR count). The van der Waals surface area contributed by atoms with Gasteiger partial charge in [0, 0.05) is 22.9 Å². The van der Waals surface area contributed by atoms with Gasteiger partial charge in [-0.3, -0.25) is 9.59 Å². The summed E-state index contributed by atoms with van der Waals surface area (Å²) < 4.78 is 10.3. The van der Waals surface area contributed by atoms with Gasteiger partial charge in [0.1, 0.15) is 6.61 Å². The van der Waals surface area contributed by atoms with Crippen LogP contribution in [0.15, 0.2) is 45.6 Å². The standard InChI is InChI=1S/C17H15N3O4S/c18-16(22)12-3-1-2-11(8-12)9-23-15(21)5-4-14-19-17(20-24-14)13-6-7-25-10-13/h1-3,6-8,10H,4-5,9H2,(H2,18,22). The predicted octanol–water partition coefficient (Wildman–Crippen LogP) is 2.57. The second-order valence-electron chi connectivity index (χ2n) is 5.25. The second kappa shape index (κ2) is 7.71. The van der Waals surface area contributed by atoms with Crippen LogP contribution in [0.5, 0.6) is 0 Å². The maximum atomic E-state index is 11.8. The summed E-state index contributed by atoms with van der Waals surface area (Å²) in [6.45, 7) is 0.0734. The largest absolute Gasteiger partial charge is 0.461 e. The molecule has 8 heteroatoms. The molecule has 0 radical (unpaired) electrons. The van der Waals surface area contributed by atoms with E-state index in [9.17, 15) is 9.59 Å². The highest BCUT2D eigenvalue weighted by atomic mass is 32.1. The Morgan fingerprint density at radius 3 is 2.92 bits per heavy atom. The zero-order valence-electron chi connectivity index (χ0n) is 13.2. The maximum Gasteiger partial charge on any atom is 0.306 e. The van der Waals surface area contributed by atoms with Gasteiger partial charge in [0.15, 0.2) is 0 Å². The fourth-order valence-electron chi connectivity index (χ4n) is 2.12. The van der Waals surface area contributed by atoms with Crippen molar-refractivity contribution in [2.24, 2.45) is 5.73 Å². The number of primary amides is 1. The van der Waals surface area contributed by atoms with Crippen molar-refractivity contribution in [3.05, 3.63) is 58.1 Å². The second-order valence-corrected chi connectivity index (χ2v) is 6.03. The summed E-state index contributed by atoms with van der Waals surface area (Å²) in [4.78, 5) is 27.2. The molecule has 1 amide bonds. The molecule has 0 fully saturated rings. The molecule has 0 saturated carbocycles. The lowest BCUT2D eigenvalue weighted by atomic mass is 10.1. The molecule has 1 aromatic carbocycles. The van der Waals surface area contributed by atoms with Crippen molar-refractivity contribution in [1.29, 1.82) is 0 Å². The van der Waals surface area contributed by atoms with Crippen molar-refractivity contribution >= 4 is 23.2 Å². The first kappa shape index (κ1) is 16.8. The van der Waals surface area contributed by atoms with Crippen molar-refractivity contribution in [2.75, 3.05) is 0 Å². The molecule has 128 valence electrons. The molecule has 3 aromatic rings. The van der Waals surface area contributed by atoms with Crippen molar-refractivity contribution in [3.63, 3.8) is 0 Å². The molecule has 25 heavy (non-hydrogen) atoms. The van der Waals surface area contributed by atoms with Crippen LogP contribution in [0.2, 0.25) is 0 Å².